The Kier molecular flexibility index (Phi) is 3.89. The van der Waals surface area contributed by atoms with Gasteiger partial charge < -0.3 is 15.7 Å². The van der Waals surface area contributed by atoms with E-state index in [-0.39, 0.29) is 11.3 Å². The van der Waals surface area contributed by atoms with Crippen molar-refractivity contribution in [2.24, 2.45) is 0 Å². The predicted molar refractivity (Wildman–Crippen MR) is 66.3 cm³/mol. The van der Waals surface area contributed by atoms with Gasteiger partial charge in [-0.2, -0.15) is 0 Å². The Bertz CT molecular complexity index is 518. The number of carboxylic acid groups (broad SMARTS) is 1. The Hall–Kier alpha value is -2.55. The van der Waals surface area contributed by atoms with E-state index in [0.717, 1.165) is 0 Å². The van der Waals surface area contributed by atoms with Crippen LogP contribution in [0, 0.1) is 12.3 Å². The second kappa shape index (κ2) is 5.19. The molecule has 0 aliphatic heterocycles. The number of nitrogens with one attached hydrogen (secondary N) is 2. The first-order valence-electron chi connectivity index (χ1n) is 5.09. The molecule has 0 fully saturated rings. The predicted octanol–water partition coefficient (Wildman–Crippen LogP) is 1.31. The van der Waals surface area contributed by atoms with E-state index in [4.69, 9.17) is 11.5 Å². The molecular formula is C12H13N3O3. The first kappa shape index (κ1) is 13.5. The first-order valence-corrected chi connectivity index (χ1v) is 5.09. The van der Waals surface area contributed by atoms with Gasteiger partial charge in [-0.05, 0) is 19.9 Å². The maximum Gasteiger partial charge on any atom is 0.337 e. The summed E-state index contributed by atoms with van der Waals surface area (Å²) in [7, 11) is 0. The molecule has 0 aliphatic carbocycles. The number of amides is 2. The van der Waals surface area contributed by atoms with E-state index in [9.17, 15) is 9.59 Å². The molecule has 0 aromatic carbocycles. The number of hydrogen-bond acceptors (Lipinski definition) is 3. The van der Waals surface area contributed by atoms with Crippen molar-refractivity contribution < 1.29 is 14.7 Å². The van der Waals surface area contributed by atoms with Crippen molar-refractivity contribution >= 4 is 17.7 Å². The molecule has 0 spiro atoms. The fourth-order valence-electron chi connectivity index (χ4n) is 1.11. The Morgan fingerprint density at radius 1 is 1.44 bits per heavy atom. The van der Waals surface area contributed by atoms with Crippen LogP contribution in [0.4, 0.5) is 10.5 Å². The Morgan fingerprint density at radius 3 is 2.67 bits per heavy atom. The highest BCUT2D eigenvalue weighted by molar-refractivity contribution is 5.93. The van der Waals surface area contributed by atoms with Crippen molar-refractivity contribution in [2.45, 2.75) is 19.4 Å². The number of urea groups is 1. The van der Waals surface area contributed by atoms with Gasteiger partial charge in [-0.1, -0.05) is 5.92 Å². The van der Waals surface area contributed by atoms with E-state index in [1.165, 1.54) is 18.5 Å². The molecule has 6 heteroatoms. The SMILES string of the molecule is C#CC(C)(C)NC(=O)Nc1cncc(C(=O)O)c1. The van der Waals surface area contributed by atoms with Gasteiger partial charge in [0.2, 0.25) is 0 Å². The first-order chi connectivity index (χ1) is 8.34. The molecular weight excluding hydrogens is 234 g/mol. The number of pyridine rings is 1. The second-order valence-corrected chi connectivity index (χ2v) is 4.12. The van der Waals surface area contributed by atoms with Gasteiger partial charge in [0, 0.05) is 6.20 Å². The van der Waals surface area contributed by atoms with Crippen LogP contribution >= 0.6 is 0 Å². The van der Waals surface area contributed by atoms with Crippen LogP contribution in [0.5, 0.6) is 0 Å². The Morgan fingerprint density at radius 2 is 2.11 bits per heavy atom. The van der Waals surface area contributed by atoms with Crippen LogP contribution in [0.2, 0.25) is 0 Å². The number of anilines is 1. The van der Waals surface area contributed by atoms with Crippen LogP contribution in [0.1, 0.15) is 24.2 Å². The van der Waals surface area contributed by atoms with E-state index in [0.29, 0.717) is 0 Å². The molecule has 0 saturated carbocycles. The Labute approximate surface area is 104 Å². The van der Waals surface area contributed by atoms with Crippen molar-refractivity contribution in [1.82, 2.24) is 10.3 Å². The number of nitrogens with zero attached hydrogens (tertiary/aromatic N) is 1. The van der Waals surface area contributed by atoms with Gasteiger partial charge in [-0.25, -0.2) is 9.59 Å². The zero-order valence-corrected chi connectivity index (χ0v) is 10.0. The minimum Gasteiger partial charge on any atom is -0.478 e. The lowest BCUT2D eigenvalue weighted by Gasteiger charge is -2.19. The third-order valence-electron chi connectivity index (χ3n) is 2.03. The highest BCUT2D eigenvalue weighted by Crippen LogP contribution is 2.09. The number of carbonyl (C=O) groups is 2. The fraction of sp³-hybridized carbons (Fsp3) is 0.250. The summed E-state index contributed by atoms with van der Waals surface area (Å²) in [6.45, 7) is 3.33. The lowest BCUT2D eigenvalue weighted by atomic mass is 10.1. The molecule has 0 radical (unpaired) electrons. The number of aromatic carboxylic acids is 1. The van der Waals surface area contributed by atoms with Crippen molar-refractivity contribution in [3.8, 4) is 12.3 Å². The maximum absolute atomic E-state index is 11.6. The summed E-state index contributed by atoms with van der Waals surface area (Å²) in [6, 6.07) is 0.778. The summed E-state index contributed by atoms with van der Waals surface area (Å²) >= 11 is 0. The third-order valence-corrected chi connectivity index (χ3v) is 2.03. The second-order valence-electron chi connectivity index (χ2n) is 4.12. The van der Waals surface area contributed by atoms with Crippen molar-refractivity contribution in [1.29, 1.82) is 0 Å². The molecule has 0 bridgehead atoms. The molecule has 0 saturated heterocycles. The van der Waals surface area contributed by atoms with E-state index in [1.807, 2.05) is 0 Å². The van der Waals surface area contributed by atoms with Crippen molar-refractivity contribution in [3.63, 3.8) is 0 Å². The topological polar surface area (TPSA) is 91.3 Å². The fourth-order valence-corrected chi connectivity index (χ4v) is 1.11. The lowest BCUT2D eigenvalue weighted by molar-refractivity contribution is 0.0696. The molecule has 94 valence electrons. The number of rotatable bonds is 3. The van der Waals surface area contributed by atoms with Gasteiger partial charge in [0.05, 0.1) is 23.0 Å². The largest absolute Gasteiger partial charge is 0.478 e. The molecule has 1 rings (SSSR count). The normalized spacial score (nSPS) is 10.3. The highest BCUT2D eigenvalue weighted by Gasteiger charge is 2.17. The summed E-state index contributed by atoms with van der Waals surface area (Å²) in [5, 5.41) is 13.8. The molecule has 1 aromatic rings. The summed E-state index contributed by atoms with van der Waals surface area (Å²) < 4.78 is 0. The average Bonchev–Trinajstić information content (AvgIpc) is 2.28. The Balaban J connectivity index is 2.74. The van der Waals surface area contributed by atoms with Crippen molar-refractivity contribution in [2.75, 3.05) is 5.32 Å². The lowest BCUT2D eigenvalue weighted by Crippen LogP contribution is -2.44. The molecule has 6 nitrogen and oxygen atoms in total. The van der Waals surface area contributed by atoms with E-state index < -0.39 is 17.5 Å². The monoisotopic (exact) mass is 247 g/mol. The summed E-state index contributed by atoms with van der Waals surface area (Å²) in [5.41, 5.74) is -0.522. The summed E-state index contributed by atoms with van der Waals surface area (Å²) in [6.07, 6.45) is 7.76. The average molecular weight is 247 g/mol. The van der Waals surface area contributed by atoms with Crippen LogP contribution in [-0.4, -0.2) is 27.6 Å². The van der Waals surface area contributed by atoms with Crippen LogP contribution < -0.4 is 10.6 Å². The number of terminal acetylenes is 1. The van der Waals surface area contributed by atoms with Gasteiger partial charge in [-0.15, -0.1) is 6.42 Å². The van der Waals surface area contributed by atoms with Gasteiger partial charge in [0.25, 0.3) is 0 Å². The molecule has 1 aromatic heterocycles. The van der Waals surface area contributed by atoms with Crippen LogP contribution in [0.3, 0.4) is 0 Å². The summed E-state index contributed by atoms with van der Waals surface area (Å²) in [5.74, 6) is 1.29. The standard InChI is InChI=1S/C12H13N3O3/c1-4-12(2,3)15-11(18)14-9-5-8(10(16)17)6-13-7-9/h1,5-7H,2-3H3,(H,16,17)(H2,14,15,18). The maximum atomic E-state index is 11.6. The van der Waals surface area contributed by atoms with Gasteiger partial charge in [0.1, 0.15) is 0 Å². The zero-order chi connectivity index (χ0) is 13.8. The highest BCUT2D eigenvalue weighted by atomic mass is 16.4. The molecule has 0 unspecified atom stereocenters. The number of carbonyl (C=O) groups excluding carboxylic acids is 1. The minimum atomic E-state index is -1.12. The van der Waals surface area contributed by atoms with E-state index in [2.05, 4.69) is 21.5 Å². The molecule has 18 heavy (non-hydrogen) atoms. The molecule has 3 N–H and O–H groups in total. The van der Waals surface area contributed by atoms with Crippen molar-refractivity contribution in [3.05, 3.63) is 24.0 Å². The van der Waals surface area contributed by atoms with E-state index >= 15 is 0 Å². The zero-order valence-electron chi connectivity index (χ0n) is 10.0. The molecule has 0 aliphatic rings. The quantitative estimate of drug-likeness (QED) is 0.702. The minimum absolute atomic E-state index is 0.0102. The summed E-state index contributed by atoms with van der Waals surface area (Å²) in [4.78, 5) is 26.0. The molecule has 0 atom stereocenters. The van der Waals surface area contributed by atoms with Gasteiger partial charge in [-0.3, -0.25) is 4.98 Å². The molecule has 1 heterocycles. The van der Waals surface area contributed by atoms with Crippen LogP contribution in [0.15, 0.2) is 18.5 Å². The number of aromatic nitrogens is 1. The van der Waals surface area contributed by atoms with Gasteiger partial charge >= 0.3 is 12.0 Å². The third kappa shape index (κ3) is 3.79. The van der Waals surface area contributed by atoms with E-state index in [1.54, 1.807) is 13.8 Å². The van der Waals surface area contributed by atoms with Gasteiger partial charge in [0.15, 0.2) is 0 Å². The van der Waals surface area contributed by atoms with Crippen LogP contribution in [-0.2, 0) is 0 Å². The molecule has 2 amide bonds. The van der Waals surface area contributed by atoms with Crippen LogP contribution in [0.25, 0.3) is 0 Å². The number of carboxylic acids is 1. The number of hydrogen-bond donors (Lipinski definition) is 3. The smallest absolute Gasteiger partial charge is 0.337 e.